The summed E-state index contributed by atoms with van der Waals surface area (Å²) in [5.74, 6) is 2.73. The van der Waals surface area contributed by atoms with Gasteiger partial charge in [-0.25, -0.2) is 4.98 Å². The van der Waals surface area contributed by atoms with Gasteiger partial charge in [0.2, 0.25) is 0 Å². The standard InChI is InChI=1S/C16H19Cl3N2/c1-9-3-4-14(10(2)5-9)21-15-7-12(19)11(18)6-13(15)20-16(21)8-17/h6-7,9-10,14H,3-5,8H2,1-2H3. The summed E-state index contributed by atoms with van der Waals surface area (Å²) in [5.41, 5.74) is 1.93. The molecule has 0 amide bonds. The van der Waals surface area contributed by atoms with E-state index in [0.717, 1.165) is 29.2 Å². The predicted molar refractivity (Wildman–Crippen MR) is 90.5 cm³/mol. The number of rotatable bonds is 2. The molecule has 3 atom stereocenters. The summed E-state index contributed by atoms with van der Waals surface area (Å²) < 4.78 is 2.29. The minimum Gasteiger partial charge on any atom is -0.324 e. The lowest BCUT2D eigenvalue weighted by Gasteiger charge is -2.34. The maximum Gasteiger partial charge on any atom is 0.125 e. The van der Waals surface area contributed by atoms with Crippen LogP contribution in [0, 0.1) is 11.8 Å². The first-order valence-electron chi connectivity index (χ1n) is 7.43. The molecule has 2 nitrogen and oxygen atoms in total. The lowest BCUT2D eigenvalue weighted by molar-refractivity contribution is 0.209. The van der Waals surface area contributed by atoms with Crippen LogP contribution >= 0.6 is 34.8 Å². The SMILES string of the molecule is CC1CCC(n2c(CCl)nc3cc(Cl)c(Cl)cc32)C(C)C1. The van der Waals surface area contributed by atoms with Gasteiger partial charge in [0.05, 0.1) is 27.0 Å². The first-order valence-corrected chi connectivity index (χ1v) is 8.72. The van der Waals surface area contributed by atoms with Crippen molar-refractivity contribution in [3.8, 4) is 0 Å². The Morgan fingerprint density at radius 1 is 1.19 bits per heavy atom. The van der Waals surface area contributed by atoms with E-state index in [1.165, 1.54) is 12.8 Å². The first kappa shape index (κ1) is 15.5. The van der Waals surface area contributed by atoms with Crippen molar-refractivity contribution in [2.45, 2.75) is 45.0 Å². The number of imidazole rings is 1. The highest BCUT2D eigenvalue weighted by molar-refractivity contribution is 6.42. The van der Waals surface area contributed by atoms with Crippen molar-refractivity contribution in [2.24, 2.45) is 11.8 Å². The topological polar surface area (TPSA) is 17.8 Å². The van der Waals surface area contributed by atoms with E-state index < -0.39 is 0 Å². The minimum absolute atomic E-state index is 0.405. The van der Waals surface area contributed by atoms with Gasteiger partial charge < -0.3 is 4.57 Å². The Morgan fingerprint density at radius 2 is 1.90 bits per heavy atom. The number of fused-ring (bicyclic) bond motifs is 1. The normalized spacial score (nSPS) is 26.4. The monoisotopic (exact) mass is 344 g/mol. The summed E-state index contributed by atoms with van der Waals surface area (Å²) in [4.78, 5) is 4.65. The molecule has 5 heteroatoms. The Labute approximate surface area is 140 Å². The van der Waals surface area contributed by atoms with Crippen molar-refractivity contribution in [1.82, 2.24) is 9.55 Å². The second-order valence-electron chi connectivity index (χ2n) is 6.25. The van der Waals surface area contributed by atoms with Gasteiger partial charge in [0, 0.05) is 6.04 Å². The molecule has 0 N–H and O–H groups in total. The van der Waals surface area contributed by atoms with E-state index >= 15 is 0 Å². The fraction of sp³-hybridized carbons (Fsp3) is 0.562. The molecule has 114 valence electrons. The fourth-order valence-electron chi connectivity index (χ4n) is 3.64. The third-order valence-electron chi connectivity index (χ3n) is 4.64. The third-order valence-corrected chi connectivity index (χ3v) is 5.60. The molecule has 1 saturated carbocycles. The van der Waals surface area contributed by atoms with Gasteiger partial charge in [-0.15, -0.1) is 11.6 Å². The van der Waals surface area contributed by atoms with Crippen LogP contribution in [0.5, 0.6) is 0 Å². The average molecular weight is 346 g/mol. The smallest absolute Gasteiger partial charge is 0.125 e. The molecule has 0 radical (unpaired) electrons. The van der Waals surface area contributed by atoms with E-state index in [1.807, 2.05) is 12.1 Å². The van der Waals surface area contributed by atoms with Gasteiger partial charge in [0.15, 0.2) is 0 Å². The van der Waals surface area contributed by atoms with Crippen LogP contribution < -0.4 is 0 Å². The Balaban J connectivity index is 2.14. The Morgan fingerprint density at radius 3 is 2.57 bits per heavy atom. The molecule has 3 rings (SSSR count). The molecular weight excluding hydrogens is 327 g/mol. The number of alkyl halides is 1. The van der Waals surface area contributed by atoms with Crippen LogP contribution in [0.15, 0.2) is 12.1 Å². The van der Waals surface area contributed by atoms with Gasteiger partial charge in [-0.2, -0.15) is 0 Å². The average Bonchev–Trinajstić information content (AvgIpc) is 2.77. The second kappa shape index (κ2) is 5.98. The largest absolute Gasteiger partial charge is 0.324 e. The number of benzene rings is 1. The summed E-state index contributed by atoms with van der Waals surface area (Å²) in [5, 5.41) is 1.11. The molecule has 0 spiro atoms. The van der Waals surface area contributed by atoms with E-state index in [9.17, 15) is 0 Å². The number of hydrogen-bond acceptors (Lipinski definition) is 1. The summed E-state index contributed by atoms with van der Waals surface area (Å²) >= 11 is 18.4. The van der Waals surface area contributed by atoms with Crippen LogP contribution in [-0.4, -0.2) is 9.55 Å². The van der Waals surface area contributed by atoms with Gasteiger partial charge in [-0.3, -0.25) is 0 Å². The number of aromatic nitrogens is 2. The fourth-order valence-corrected chi connectivity index (χ4v) is 4.14. The maximum atomic E-state index is 6.20. The molecule has 2 aromatic rings. The van der Waals surface area contributed by atoms with Crippen LogP contribution in [0.2, 0.25) is 10.0 Å². The van der Waals surface area contributed by atoms with E-state index in [-0.39, 0.29) is 0 Å². The molecule has 21 heavy (non-hydrogen) atoms. The van der Waals surface area contributed by atoms with E-state index in [0.29, 0.717) is 27.9 Å². The lowest BCUT2D eigenvalue weighted by atomic mass is 9.79. The van der Waals surface area contributed by atoms with Crippen LogP contribution in [0.3, 0.4) is 0 Å². The van der Waals surface area contributed by atoms with Crippen molar-refractivity contribution in [3.05, 3.63) is 28.0 Å². The Bertz CT molecular complexity index is 665. The molecule has 1 aliphatic carbocycles. The summed E-state index contributed by atoms with van der Waals surface area (Å²) in [6.07, 6.45) is 3.66. The van der Waals surface area contributed by atoms with Crippen LogP contribution in [0.4, 0.5) is 0 Å². The number of hydrogen-bond donors (Lipinski definition) is 0. The van der Waals surface area contributed by atoms with E-state index in [4.69, 9.17) is 34.8 Å². The first-order chi connectivity index (χ1) is 10.0. The quantitative estimate of drug-likeness (QED) is 0.603. The zero-order valence-corrected chi connectivity index (χ0v) is 14.5. The number of nitrogens with zero attached hydrogens (tertiary/aromatic N) is 2. The zero-order chi connectivity index (χ0) is 15.1. The Kier molecular flexibility index (Phi) is 4.40. The molecule has 1 aromatic carbocycles. The highest BCUT2D eigenvalue weighted by Crippen LogP contribution is 2.40. The molecule has 0 aliphatic heterocycles. The molecule has 3 unspecified atom stereocenters. The molecular formula is C16H19Cl3N2. The zero-order valence-electron chi connectivity index (χ0n) is 12.2. The summed E-state index contributed by atoms with van der Waals surface area (Å²) in [7, 11) is 0. The van der Waals surface area contributed by atoms with Gasteiger partial charge in [-0.1, -0.05) is 37.0 Å². The molecule has 1 fully saturated rings. The molecule has 1 aliphatic rings. The minimum atomic E-state index is 0.405. The van der Waals surface area contributed by atoms with E-state index in [1.54, 1.807) is 0 Å². The van der Waals surface area contributed by atoms with E-state index in [2.05, 4.69) is 23.4 Å². The summed E-state index contributed by atoms with van der Waals surface area (Å²) in [6, 6.07) is 4.20. The Hall–Kier alpha value is -0.440. The van der Waals surface area contributed by atoms with Crippen molar-refractivity contribution < 1.29 is 0 Å². The molecule has 0 saturated heterocycles. The van der Waals surface area contributed by atoms with Crippen molar-refractivity contribution in [3.63, 3.8) is 0 Å². The van der Waals surface area contributed by atoms with Gasteiger partial charge >= 0.3 is 0 Å². The van der Waals surface area contributed by atoms with Gasteiger partial charge in [0.25, 0.3) is 0 Å². The maximum absolute atomic E-state index is 6.20. The van der Waals surface area contributed by atoms with Crippen molar-refractivity contribution >= 4 is 45.8 Å². The highest BCUT2D eigenvalue weighted by Gasteiger charge is 2.29. The highest BCUT2D eigenvalue weighted by atomic mass is 35.5. The second-order valence-corrected chi connectivity index (χ2v) is 7.33. The van der Waals surface area contributed by atoms with Crippen LogP contribution in [0.25, 0.3) is 11.0 Å². The van der Waals surface area contributed by atoms with Gasteiger partial charge in [-0.05, 0) is 43.2 Å². The third kappa shape index (κ3) is 2.78. The number of halogens is 3. The van der Waals surface area contributed by atoms with Crippen LogP contribution in [-0.2, 0) is 5.88 Å². The molecule has 1 heterocycles. The predicted octanol–water partition coefficient (Wildman–Crippen LogP) is 6.08. The molecule has 0 bridgehead atoms. The lowest BCUT2D eigenvalue weighted by Crippen LogP contribution is -2.25. The van der Waals surface area contributed by atoms with Crippen molar-refractivity contribution in [1.29, 1.82) is 0 Å². The van der Waals surface area contributed by atoms with Crippen LogP contribution in [0.1, 0.15) is 45.0 Å². The van der Waals surface area contributed by atoms with Crippen molar-refractivity contribution in [2.75, 3.05) is 0 Å². The summed E-state index contributed by atoms with van der Waals surface area (Å²) in [6.45, 7) is 4.65. The molecule has 1 aromatic heterocycles. The van der Waals surface area contributed by atoms with Gasteiger partial charge in [0.1, 0.15) is 5.82 Å².